The van der Waals surface area contributed by atoms with Crippen LogP contribution in [0.3, 0.4) is 0 Å². The molecule has 0 radical (unpaired) electrons. The molecule has 0 saturated carbocycles. The number of sulfone groups is 1. The number of carbonyl (C=O) groups excluding carboxylic acids is 1. The van der Waals surface area contributed by atoms with E-state index in [0.29, 0.717) is 17.9 Å². The van der Waals surface area contributed by atoms with E-state index in [0.717, 1.165) is 11.4 Å². The average Bonchev–Trinajstić information content (AvgIpc) is 2.94. The van der Waals surface area contributed by atoms with Gasteiger partial charge in [-0.25, -0.2) is 18.4 Å². The molecule has 0 aliphatic carbocycles. The molecule has 1 aromatic carbocycles. The Morgan fingerprint density at radius 2 is 1.81 bits per heavy atom. The lowest BCUT2D eigenvalue weighted by Crippen LogP contribution is -2.35. The Kier molecular flexibility index (Phi) is 5.08. The van der Waals surface area contributed by atoms with Crippen molar-refractivity contribution in [3.8, 4) is 0 Å². The summed E-state index contributed by atoms with van der Waals surface area (Å²) in [5, 5.41) is 5.78. The minimum absolute atomic E-state index is 0.0117. The fourth-order valence-electron chi connectivity index (χ4n) is 2.66. The predicted molar refractivity (Wildman–Crippen MR) is 101 cm³/mol. The number of hydrogen-bond donors (Lipinski definition) is 2. The fraction of sp³-hybridized carbons (Fsp3) is 0.353. The van der Waals surface area contributed by atoms with Gasteiger partial charge in [-0.1, -0.05) is 0 Å². The molecule has 1 aliphatic heterocycles. The van der Waals surface area contributed by atoms with E-state index in [2.05, 4.69) is 20.6 Å². The Balaban J connectivity index is 1.60. The van der Waals surface area contributed by atoms with Crippen LogP contribution in [-0.2, 0) is 9.84 Å². The summed E-state index contributed by atoms with van der Waals surface area (Å²) in [4.78, 5) is 22.5. The quantitative estimate of drug-likeness (QED) is 0.809. The summed E-state index contributed by atoms with van der Waals surface area (Å²) in [7, 11) is 0.905. The van der Waals surface area contributed by atoms with E-state index in [1.807, 2.05) is 43.3 Å². The average molecular weight is 375 g/mol. The Bertz CT molecular complexity index is 880. The third-order valence-electron chi connectivity index (χ3n) is 4.12. The van der Waals surface area contributed by atoms with Crippen LogP contribution >= 0.6 is 0 Å². The van der Waals surface area contributed by atoms with Crippen molar-refractivity contribution >= 4 is 33.1 Å². The molecule has 1 aliphatic rings. The number of nitrogens with zero attached hydrogens (tertiary/aromatic N) is 3. The van der Waals surface area contributed by atoms with Crippen LogP contribution in [0.2, 0.25) is 0 Å². The topological polar surface area (TPSA) is 104 Å². The van der Waals surface area contributed by atoms with Gasteiger partial charge < -0.3 is 15.5 Å². The van der Waals surface area contributed by atoms with Gasteiger partial charge in [0.1, 0.15) is 0 Å². The zero-order valence-corrected chi connectivity index (χ0v) is 15.5. The van der Waals surface area contributed by atoms with Crippen molar-refractivity contribution in [2.24, 2.45) is 0 Å². The first kappa shape index (κ1) is 18.1. The first-order valence-corrected chi connectivity index (χ1v) is 10.0. The minimum atomic E-state index is -3.03. The Hall–Kier alpha value is -2.68. The zero-order chi connectivity index (χ0) is 18.7. The normalized spacial score (nSPS) is 18.3. The molecular formula is C17H21N5O3S. The lowest BCUT2D eigenvalue weighted by atomic mass is 10.2. The molecule has 3 rings (SSSR count). The summed E-state index contributed by atoms with van der Waals surface area (Å²) in [6.07, 6.45) is 3.28. The summed E-state index contributed by atoms with van der Waals surface area (Å²) in [5.41, 5.74) is 2.21. The summed E-state index contributed by atoms with van der Waals surface area (Å²) in [5.74, 6) is 0.114. The van der Waals surface area contributed by atoms with Crippen molar-refractivity contribution < 1.29 is 13.2 Å². The van der Waals surface area contributed by atoms with Gasteiger partial charge in [0.25, 0.3) is 5.91 Å². The molecule has 26 heavy (non-hydrogen) atoms. The van der Waals surface area contributed by atoms with Crippen molar-refractivity contribution in [2.75, 3.05) is 35.8 Å². The Labute approximate surface area is 152 Å². The molecule has 0 bridgehead atoms. The maximum absolute atomic E-state index is 12.2. The van der Waals surface area contributed by atoms with E-state index in [9.17, 15) is 13.2 Å². The SMILES string of the molecule is CN(C)c1ccc(Nc2ncc(C(=O)NC3CCS(=O)(=O)C3)cn2)cc1. The van der Waals surface area contributed by atoms with E-state index >= 15 is 0 Å². The number of anilines is 3. The van der Waals surface area contributed by atoms with Gasteiger partial charge in [-0.05, 0) is 30.7 Å². The minimum Gasteiger partial charge on any atom is -0.378 e. The molecule has 2 aromatic rings. The molecule has 0 spiro atoms. The highest BCUT2D eigenvalue weighted by atomic mass is 32.2. The number of aromatic nitrogens is 2. The van der Waals surface area contributed by atoms with Crippen molar-refractivity contribution in [2.45, 2.75) is 12.5 Å². The number of amides is 1. The zero-order valence-electron chi connectivity index (χ0n) is 14.6. The highest BCUT2D eigenvalue weighted by Gasteiger charge is 2.29. The maximum Gasteiger partial charge on any atom is 0.254 e. The van der Waals surface area contributed by atoms with Gasteiger partial charge in [-0.2, -0.15) is 0 Å². The van der Waals surface area contributed by atoms with E-state index in [4.69, 9.17) is 0 Å². The highest BCUT2D eigenvalue weighted by Crippen LogP contribution is 2.18. The van der Waals surface area contributed by atoms with Gasteiger partial charge in [0.15, 0.2) is 9.84 Å². The largest absolute Gasteiger partial charge is 0.378 e. The molecule has 1 aromatic heterocycles. The molecule has 2 N–H and O–H groups in total. The van der Waals surface area contributed by atoms with E-state index in [1.165, 1.54) is 12.4 Å². The van der Waals surface area contributed by atoms with Gasteiger partial charge in [0, 0.05) is 43.9 Å². The van der Waals surface area contributed by atoms with Crippen LogP contribution in [0.25, 0.3) is 0 Å². The van der Waals surface area contributed by atoms with Crippen LogP contribution < -0.4 is 15.5 Å². The number of rotatable bonds is 5. The van der Waals surface area contributed by atoms with Gasteiger partial charge >= 0.3 is 0 Å². The Morgan fingerprint density at radius 1 is 1.15 bits per heavy atom. The third-order valence-corrected chi connectivity index (χ3v) is 5.89. The van der Waals surface area contributed by atoms with Gasteiger partial charge in [-0.15, -0.1) is 0 Å². The lowest BCUT2D eigenvalue weighted by molar-refractivity contribution is 0.0940. The monoisotopic (exact) mass is 375 g/mol. The van der Waals surface area contributed by atoms with Crippen molar-refractivity contribution in [1.82, 2.24) is 15.3 Å². The van der Waals surface area contributed by atoms with Crippen LogP contribution in [0.4, 0.5) is 17.3 Å². The second kappa shape index (κ2) is 7.28. The van der Waals surface area contributed by atoms with Crippen molar-refractivity contribution in [3.05, 3.63) is 42.2 Å². The standard InChI is InChI=1S/C17H21N5O3S/c1-22(2)15-5-3-13(4-6-15)21-17-18-9-12(10-19-17)16(23)20-14-7-8-26(24,25)11-14/h3-6,9-10,14H,7-8,11H2,1-2H3,(H,20,23)(H,18,19,21). The van der Waals surface area contributed by atoms with E-state index in [1.54, 1.807) is 0 Å². The number of hydrogen-bond acceptors (Lipinski definition) is 7. The summed E-state index contributed by atoms with van der Waals surface area (Å²) in [6.45, 7) is 0. The second-order valence-corrected chi connectivity index (χ2v) is 8.66. The molecule has 8 nitrogen and oxygen atoms in total. The van der Waals surface area contributed by atoms with Crippen LogP contribution in [0.15, 0.2) is 36.7 Å². The first-order valence-electron chi connectivity index (χ1n) is 8.20. The van der Waals surface area contributed by atoms with Gasteiger partial charge in [0.2, 0.25) is 5.95 Å². The highest BCUT2D eigenvalue weighted by molar-refractivity contribution is 7.91. The van der Waals surface area contributed by atoms with Crippen LogP contribution in [0.5, 0.6) is 0 Å². The second-order valence-electron chi connectivity index (χ2n) is 6.44. The molecule has 1 saturated heterocycles. The molecule has 9 heteroatoms. The van der Waals surface area contributed by atoms with Crippen molar-refractivity contribution in [3.63, 3.8) is 0 Å². The van der Waals surface area contributed by atoms with Crippen LogP contribution in [0, 0.1) is 0 Å². The molecule has 1 atom stereocenters. The van der Waals surface area contributed by atoms with E-state index in [-0.39, 0.29) is 23.5 Å². The van der Waals surface area contributed by atoms with Crippen molar-refractivity contribution in [1.29, 1.82) is 0 Å². The van der Waals surface area contributed by atoms with Gasteiger partial charge in [-0.3, -0.25) is 4.79 Å². The summed E-state index contributed by atoms with van der Waals surface area (Å²) in [6, 6.07) is 7.43. The van der Waals surface area contributed by atoms with Gasteiger partial charge in [0.05, 0.1) is 17.1 Å². The number of benzene rings is 1. The third kappa shape index (κ3) is 4.48. The smallest absolute Gasteiger partial charge is 0.254 e. The molecule has 138 valence electrons. The van der Waals surface area contributed by atoms with Crippen LogP contribution in [-0.4, -0.2) is 55.9 Å². The predicted octanol–water partition coefficient (Wildman–Crippen LogP) is 1.20. The number of carbonyl (C=O) groups is 1. The van der Waals surface area contributed by atoms with Crippen LogP contribution in [0.1, 0.15) is 16.8 Å². The molecule has 1 amide bonds. The summed E-state index contributed by atoms with van der Waals surface area (Å²) >= 11 is 0. The molecule has 1 fully saturated rings. The lowest BCUT2D eigenvalue weighted by Gasteiger charge is -2.13. The Morgan fingerprint density at radius 3 is 2.35 bits per heavy atom. The molecular weight excluding hydrogens is 354 g/mol. The number of nitrogens with one attached hydrogen (secondary N) is 2. The maximum atomic E-state index is 12.2. The van der Waals surface area contributed by atoms with E-state index < -0.39 is 9.84 Å². The molecule has 2 heterocycles. The summed E-state index contributed by atoms with van der Waals surface area (Å²) < 4.78 is 22.9. The fourth-order valence-corrected chi connectivity index (χ4v) is 4.33. The molecule has 1 unspecified atom stereocenters. The first-order chi connectivity index (χ1) is 12.3.